The summed E-state index contributed by atoms with van der Waals surface area (Å²) in [5, 5.41) is 10.6. The van der Waals surface area contributed by atoms with E-state index in [0.29, 0.717) is 0 Å². The number of benzene rings is 1. The topological polar surface area (TPSA) is 57.2 Å². The van der Waals surface area contributed by atoms with Crippen molar-refractivity contribution >= 4 is 9.84 Å². The van der Waals surface area contributed by atoms with Crippen molar-refractivity contribution in [2.24, 2.45) is 0 Å². The minimum Gasteiger partial charge on any atom is -0.872 e. The molecule has 0 fully saturated rings. The predicted molar refractivity (Wildman–Crippen MR) is 39.0 cm³/mol. The maximum Gasteiger partial charge on any atom is 1.00 e. The third-order valence-corrected chi connectivity index (χ3v) is 2.38. The first-order chi connectivity index (χ1) is 5.00. The molecule has 0 heterocycles. The molecule has 3 nitrogen and oxygen atoms in total. The number of sulfone groups is 1. The van der Waals surface area contributed by atoms with E-state index in [1.54, 1.807) is 0 Å². The zero-order valence-electron chi connectivity index (χ0n) is 6.94. The van der Waals surface area contributed by atoms with Crippen LogP contribution in [0.1, 0.15) is 0 Å². The van der Waals surface area contributed by atoms with Crippen LogP contribution in [-0.4, -0.2) is 14.7 Å². The van der Waals surface area contributed by atoms with Crippen LogP contribution in [0.2, 0.25) is 0 Å². The molecule has 0 bridgehead atoms. The van der Waals surface area contributed by atoms with Crippen LogP contribution in [-0.2, 0) is 9.84 Å². The Morgan fingerprint density at radius 3 is 1.92 bits per heavy atom. The molecule has 0 aliphatic heterocycles. The van der Waals surface area contributed by atoms with E-state index in [2.05, 4.69) is 0 Å². The average molecular weight is 210 g/mol. The van der Waals surface area contributed by atoms with Crippen LogP contribution < -0.4 is 56.5 Å². The van der Waals surface area contributed by atoms with Crippen LogP contribution >= 0.6 is 0 Å². The Hall–Kier alpha value is 0.606. The third kappa shape index (κ3) is 3.55. The van der Waals surface area contributed by atoms with Gasteiger partial charge in [0, 0.05) is 6.26 Å². The Kier molecular flexibility index (Phi) is 4.97. The molecule has 0 N–H and O–H groups in total. The standard InChI is InChI=1S/C7H8O3S.K/c1-11(9,10)7-4-2-6(8)3-5-7;/h2-5,8H,1H3;/q;+1/p-1. The van der Waals surface area contributed by atoms with Crippen molar-refractivity contribution in [3.05, 3.63) is 24.3 Å². The first kappa shape index (κ1) is 12.6. The molecule has 0 aliphatic rings. The summed E-state index contributed by atoms with van der Waals surface area (Å²) in [4.78, 5) is 0.178. The zero-order chi connectivity index (χ0) is 8.48. The fourth-order valence-electron chi connectivity index (χ4n) is 0.687. The number of hydrogen-bond acceptors (Lipinski definition) is 3. The van der Waals surface area contributed by atoms with Crippen LogP contribution in [0.5, 0.6) is 5.75 Å². The van der Waals surface area contributed by atoms with E-state index in [1.165, 1.54) is 24.3 Å². The van der Waals surface area contributed by atoms with Gasteiger partial charge >= 0.3 is 51.4 Å². The third-order valence-electron chi connectivity index (χ3n) is 1.25. The van der Waals surface area contributed by atoms with E-state index < -0.39 is 9.84 Å². The second-order valence-corrected chi connectivity index (χ2v) is 4.26. The van der Waals surface area contributed by atoms with E-state index in [0.717, 1.165) is 6.26 Å². The van der Waals surface area contributed by atoms with Gasteiger partial charge < -0.3 is 5.11 Å². The molecule has 0 radical (unpaired) electrons. The normalized spacial score (nSPS) is 10.4. The van der Waals surface area contributed by atoms with Gasteiger partial charge in [0.2, 0.25) is 0 Å². The molecule has 0 spiro atoms. The van der Waals surface area contributed by atoms with Gasteiger partial charge in [-0.05, 0) is 12.1 Å². The van der Waals surface area contributed by atoms with E-state index in [-0.39, 0.29) is 62.0 Å². The first-order valence-electron chi connectivity index (χ1n) is 2.97. The van der Waals surface area contributed by atoms with E-state index in [1.807, 2.05) is 0 Å². The molecule has 1 aromatic rings. The van der Waals surface area contributed by atoms with Gasteiger partial charge in [-0.1, -0.05) is 12.1 Å². The molecule has 0 aromatic heterocycles. The van der Waals surface area contributed by atoms with Crippen molar-refractivity contribution in [3.63, 3.8) is 0 Å². The van der Waals surface area contributed by atoms with Crippen LogP contribution in [0.25, 0.3) is 0 Å². The molecule has 0 aliphatic carbocycles. The van der Waals surface area contributed by atoms with Crippen molar-refractivity contribution in [2.45, 2.75) is 4.90 Å². The van der Waals surface area contributed by atoms with E-state index >= 15 is 0 Å². The maximum absolute atomic E-state index is 10.8. The van der Waals surface area contributed by atoms with Gasteiger partial charge in [-0.3, -0.25) is 0 Å². The summed E-state index contributed by atoms with van der Waals surface area (Å²) in [6, 6.07) is 5.07. The second kappa shape index (κ2) is 4.73. The van der Waals surface area contributed by atoms with Gasteiger partial charge in [-0.2, -0.15) is 0 Å². The van der Waals surface area contributed by atoms with Crippen LogP contribution in [0.4, 0.5) is 0 Å². The number of hydrogen-bond donors (Lipinski definition) is 0. The van der Waals surface area contributed by atoms with Gasteiger partial charge in [-0.25, -0.2) is 8.42 Å². The fourth-order valence-corrected chi connectivity index (χ4v) is 1.32. The predicted octanol–water partition coefficient (Wildman–Crippen LogP) is -2.83. The van der Waals surface area contributed by atoms with Gasteiger partial charge in [0.15, 0.2) is 9.84 Å². The van der Waals surface area contributed by atoms with Gasteiger partial charge in [0.1, 0.15) is 0 Å². The zero-order valence-corrected chi connectivity index (χ0v) is 10.9. The minimum atomic E-state index is -3.16. The minimum absolute atomic E-state index is 0. The second-order valence-electron chi connectivity index (χ2n) is 2.24. The van der Waals surface area contributed by atoms with Crippen molar-refractivity contribution < 1.29 is 64.9 Å². The Balaban J connectivity index is 0.00000121. The molecule has 60 valence electrons. The summed E-state index contributed by atoms with van der Waals surface area (Å²) >= 11 is 0. The van der Waals surface area contributed by atoms with Gasteiger partial charge in [-0.15, -0.1) is 5.75 Å². The van der Waals surface area contributed by atoms with Crippen LogP contribution in [0.15, 0.2) is 29.2 Å². The Labute approximate surface area is 114 Å². The largest absolute Gasteiger partial charge is 1.00 e. The summed E-state index contributed by atoms with van der Waals surface area (Å²) in [5.41, 5.74) is 0. The molecule has 0 atom stereocenters. The van der Waals surface area contributed by atoms with E-state index in [4.69, 9.17) is 0 Å². The Morgan fingerprint density at radius 2 is 1.58 bits per heavy atom. The quantitative estimate of drug-likeness (QED) is 0.469. The van der Waals surface area contributed by atoms with Gasteiger partial charge in [0.25, 0.3) is 0 Å². The smallest absolute Gasteiger partial charge is 0.872 e. The Bertz CT molecular complexity index is 341. The average Bonchev–Trinajstić information content (AvgIpc) is 1.86. The first-order valence-corrected chi connectivity index (χ1v) is 4.86. The molecule has 0 saturated carbocycles. The molecule has 5 heteroatoms. The summed E-state index contributed by atoms with van der Waals surface area (Å²) < 4.78 is 21.7. The molecule has 0 unspecified atom stereocenters. The molecular weight excluding hydrogens is 203 g/mol. The Morgan fingerprint density at radius 1 is 1.17 bits per heavy atom. The van der Waals surface area contributed by atoms with Crippen molar-refractivity contribution in [3.8, 4) is 5.75 Å². The summed E-state index contributed by atoms with van der Waals surface area (Å²) in [7, 11) is -3.16. The fraction of sp³-hybridized carbons (Fsp3) is 0.143. The van der Waals surface area contributed by atoms with Crippen LogP contribution in [0, 0.1) is 0 Å². The summed E-state index contributed by atoms with van der Waals surface area (Å²) in [6.07, 6.45) is 1.10. The summed E-state index contributed by atoms with van der Waals surface area (Å²) in [5.74, 6) is -0.183. The molecule has 12 heavy (non-hydrogen) atoms. The number of rotatable bonds is 1. The van der Waals surface area contributed by atoms with Crippen LogP contribution in [0.3, 0.4) is 0 Å². The monoisotopic (exact) mass is 210 g/mol. The molecule has 1 aromatic carbocycles. The molecule has 0 saturated heterocycles. The van der Waals surface area contributed by atoms with Gasteiger partial charge in [0.05, 0.1) is 4.90 Å². The maximum atomic E-state index is 10.8. The van der Waals surface area contributed by atoms with Crippen molar-refractivity contribution in [1.82, 2.24) is 0 Å². The van der Waals surface area contributed by atoms with Crippen molar-refractivity contribution in [1.29, 1.82) is 0 Å². The molecule has 1 rings (SSSR count). The summed E-state index contributed by atoms with van der Waals surface area (Å²) in [6.45, 7) is 0. The van der Waals surface area contributed by atoms with Crippen molar-refractivity contribution in [2.75, 3.05) is 6.26 Å². The molecule has 0 amide bonds. The SMILES string of the molecule is CS(=O)(=O)c1ccc([O-])cc1.[K+]. The van der Waals surface area contributed by atoms with E-state index in [9.17, 15) is 13.5 Å². The molecular formula is C7H7KO3S.